The van der Waals surface area contributed by atoms with Crippen LogP contribution in [0.25, 0.3) is 0 Å². The van der Waals surface area contributed by atoms with Crippen LogP contribution in [0.3, 0.4) is 0 Å². The van der Waals surface area contributed by atoms with E-state index in [4.69, 9.17) is 5.73 Å². The molecule has 0 unspecified atom stereocenters. The molecular weight excluding hydrogens is 304 g/mol. The van der Waals surface area contributed by atoms with Gasteiger partial charge >= 0.3 is 0 Å². The number of aromatic amines is 1. The number of nitrogens with zero attached hydrogens (tertiary/aromatic N) is 1. The molecule has 0 aliphatic heterocycles. The van der Waals surface area contributed by atoms with Gasteiger partial charge in [0, 0.05) is 12.1 Å². The number of halogens is 1. The third-order valence-electron chi connectivity index (χ3n) is 3.91. The van der Waals surface area contributed by atoms with Crippen molar-refractivity contribution in [2.45, 2.75) is 51.4 Å². The van der Waals surface area contributed by atoms with Gasteiger partial charge in [0.25, 0.3) is 5.56 Å². The number of H-pyrrole nitrogens is 1. The van der Waals surface area contributed by atoms with E-state index in [0.29, 0.717) is 13.1 Å². The van der Waals surface area contributed by atoms with Crippen molar-refractivity contribution in [1.82, 2.24) is 15.5 Å². The summed E-state index contributed by atoms with van der Waals surface area (Å²) in [4.78, 5) is 23.7. The van der Waals surface area contributed by atoms with Gasteiger partial charge in [0.05, 0.1) is 12.1 Å². The third kappa shape index (κ3) is 5.10. The van der Waals surface area contributed by atoms with Gasteiger partial charge in [-0.05, 0) is 50.6 Å². The third-order valence-corrected chi connectivity index (χ3v) is 3.91. The number of rotatable bonds is 7. The molecule has 1 aliphatic carbocycles. The summed E-state index contributed by atoms with van der Waals surface area (Å²) in [5.41, 5.74) is 7.86. The Bertz CT molecular complexity index is 545. The molecule has 2 rings (SSSR count). The number of nitrogens with two attached hydrogens (primary N) is 1. The summed E-state index contributed by atoms with van der Waals surface area (Å²) in [6.07, 6.45) is 6.95. The fourth-order valence-corrected chi connectivity index (χ4v) is 2.76. The zero-order valence-corrected chi connectivity index (χ0v) is 13.6. The number of amides is 1. The highest BCUT2D eigenvalue weighted by molar-refractivity contribution is 5.85. The molecule has 6 nitrogen and oxygen atoms in total. The van der Waals surface area contributed by atoms with Gasteiger partial charge < -0.3 is 11.1 Å². The quantitative estimate of drug-likeness (QED) is 0.646. The van der Waals surface area contributed by atoms with Crippen LogP contribution >= 0.6 is 12.4 Å². The summed E-state index contributed by atoms with van der Waals surface area (Å²) in [5.74, 6) is -0.0323. The highest BCUT2D eigenvalue weighted by atomic mass is 35.5. The van der Waals surface area contributed by atoms with E-state index in [-0.39, 0.29) is 30.3 Å². The number of fused-ring (bicyclic) bond motifs is 1. The Morgan fingerprint density at radius 1 is 1.18 bits per heavy atom. The minimum absolute atomic E-state index is 0. The molecular formula is C15H25ClN4O2. The topological polar surface area (TPSA) is 101 Å². The first-order chi connectivity index (χ1) is 10.2. The van der Waals surface area contributed by atoms with Crippen molar-refractivity contribution >= 4 is 18.3 Å². The number of unbranched alkanes of at least 4 members (excludes halogenated alkanes) is 2. The molecule has 0 radical (unpaired) electrons. The normalized spacial score (nSPS) is 13.1. The SMILES string of the molecule is Cl.NCCCCCNC(=O)Cc1n[nH]c(=O)c2c1CCCC2. The predicted octanol–water partition coefficient (Wildman–Crippen LogP) is 0.858. The van der Waals surface area contributed by atoms with Crippen LogP contribution in [0.15, 0.2) is 4.79 Å². The van der Waals surface area contributed by atoms with E-state index in [9.17, 15) is 9.59 Å². The van der Waals surface area contributed by atoms with Gasteiger partial charge in [0.2, 0.25) is 5.91 Å². The van der Waals surface area contributed by atoms with Gasteiger partial charge in [0.1, 0.15) is 0 Å². The van der Waals surface area contributed by atoms with Crippen molar-refractivity contribution in [1.29, 1.82) is 0 Å². The van der Waals surface area contributed by atoms with E-state index in [1.807, 2.05) is 0 Å². The second kappa shape index (κ2) is 9.58. The Hall–Kier alpha value is -1.40. The van der Waals surface area contributed by atoms with Crippen molar-refractivity contribution in [3.63, 3.8) is 0 Å². The van der Waals surface area contributed by atoms with Crippen molar-refractivity contribution < 1.29 is 4.79 Å². The zero-order chi connectivity index (χ0) is 15.1. The molecule has 22 heavy (non-hydrogen) atoms. The van der Waals surface area contributed by atoms with Crippen LogP contribution in [0.4, 0.5) is 0 Å². The van der Waals surface area contributed by atoms with Crippen LogP contribution in [0.1, 0.15) is 48.9 Å². The largest absolute Gasteiger partial charge is 0.356 e. The average molecular weight is 329 g/mol. The highest BCUT2D eigenvalue weighted by Crippen LogP contribution is 2.20. The summed E-state index contributed by atoms with van der Waals surface area (Å²) < 4.78 is 0. The number of nitrogens with one attached hydrogen (secondary N) is 2. The second-order valence-electron chi connectivity index (χ2n) is 5.54. The lowest BCUT2D eigenvalue weighted by molar-refractivity contribution is -0.120. The first-order valence-corrected chi connectivity index (χ1v) is 7.78. The Labute approximate surface area is 136 Å². The number of hydrogen-bond acceptors (Lipinski definition) is 4. The summed E-state index contributed by atoms with van der Waals surface area (Å²) in [6.45, 7) is 1.37. The van der Waals surface area contributed by atoms with E-state index >= 15 is 0 Å². The van der Waals surface area contributed by atoms with Crippen LogP contribution in [-0.2, 0) is 24.1 Å². The van der Waals surface area contributed by atoms with Gasteiger partial charge in [-0.1, -0.05) is 6.42 Å². The fourth-order valence-electron chi connectivity index (χ4n) is 2.76. The fraction of sp³-hybridized carbons (Fsp3) is 0.667. The standard InChI is InChI=1S/C15H24N4O2.ClH/c16-8-4-1-5-9-17-14(20)10-13-11-6-2-3-7-12(11)15(21)19-18-13;/h1-10,16H2,(H,17,20)(H,19,21);1H. The van der Waals surface area contributed by atoms with Gasteiger partial charge in [0.15, 0.2) is 0 Å². The van der Waals surface area contributed by atoms with Gasteiger partial charge in [-0.25, -0.2) is 5.10 Å². The molecule has 4 N–H and O–H groups in total. The van der Waals surface area contributed by atoms with E-state index < -0.39 is 0 Å². The van der Waals surface area contributed by atoms with E-state index in [2.05, 4.69) is 15.5 Å². The average Bonchev–Trinajstić information content (AvgIpc) is 2.50. The monoisotopic (exact) mass is 328 g/mol. The van der Waals surface area contributed by atoms with E-state index in [1.54, 1.807) is 0 Å². The van der Waals surface area contributed by atoms with Gasteiger partial charge in [-0.2, -0.15) is 5.10 Å². The molecule has 124 valence electrons. The van der Waals surface area contributed by atoms with Crippen LogP contribution in [0.5, 0.6) is 0 Å². The Balaban J connectivity index is 0.00000242. The number of carbonyl (C=O) groups is 1. The van der Waals surface area contributed by atoms with Gasteiger partial charge in [-0.15, -0.1) is 12.4 Å². The molecule has 1 aromatic rings. The molecule has 1 amide bonds. The Morgan fingerprint density at radius 3 is 2.64 bits per heavy atom. The van der Waals surface area contributed by atoms with Gasteiger partial charge in [-0.3, -0.25) is 9.59 Å². The molecule has 0 bridgehead atoms. The maximum absolute atomic E-state index is 11.9. The molecule has 0 fully saturated rings. The number of aromatic nitrogens is 2. The Morgan fingerprint density at radius 2 is 1.91 bits per heavy atom. The van der Waals surface area contributed by atoms with Crippen molar-refractivity contribution in [3.05, 3.63) is 27.2 Å². The smallest absolute Gasteiger partial charge is 0.267 e. The van der Waals surface area contributed by atoms with Crippen LogP contribution < -0.4 is 16.6 Å². The molecule has 1 aliphatic rings. The lowest BCUT2D eigenvalue weighted by Gasteiger charge is -2.17. The van der Waals surface area contributed by atoms with E-state index in [0.717, 1.165) is 61.8 Å². The molecule has 1 heterocycles. The molecule has 0 aromatic carbocycles. The summed E-state index contributed by atoms with van der Waals surface area (Å²) in [6, 6.07) is 0. The lowest BCUT2D eigenvalue weighted by Crippen LogP contribution is -2.29. The minimum Gasteiger partial charge on any atom is -0.356 e. The van der Waals surface area contributed by atoms with Crippen molar-refractivity contribution in [2.24, 2.45) is 5.73 Å². The van der Waals surface area contributed by atoms with Crippen molar-refractivity contribution in [3.8, 4) is 0 Å². The first kappa shape index (κ1) is 18.6. The summed E-state index contributed by atoms with van der Waals surface area (Å²) in [5, 5.41) is 9.49. The summed E-state index contributed by atoms with van der Waals surface area (Å²) >= 11 is 0. The lowest BCUT2D eigenvalue weighted by atomic mass is 9.91. The molecule has 7 heteroatoms. The maximum atomic E-state index is 11.9. The van der Waals surface area contributed by atoms with Crippen LogP contribution in [0.2, 0.25) is 0 Å². The minimum atomic E-state index is -0.101. The molecule has 0 spiro atoms. The molecule has 0 saturated carbocycles. The first-order valence-electron chi connectivity index (χ1n) is 7.78. The molecule has 0 atom stereocenters. The zero-order valence-electron chi connectivity index (χ0n) is 12.8. The molecule has 1 aromatic heterocycles. The van der Waals surface area contributed by atoms with Crippen molar-refractivity contribution in [2.75, 3.05) is 13.1 Å². The number of hydrogen-bond donors (Lipinski definition) is 3. The second-order valence-corrected chi connectivity index (χ2v) is 5.54. The van der Waals surface area contributed by atoms with E-state index in [1.165, 1.54) is 0 Å². The highest BCUT2D eigenvalue weighted by Gasteiger charge is 2.19. The predicted molar refractivity (Wildman–Crippen MR) is 88.4 cm³/mol. The number of carbonyl (C=O) groups excluding carboxylic acids is 1. The van der Waals surface area contributed by atoms with Crippen LogP contribution in [-0.4, -0.2) is 29.2 Å². The Kier molecular flexibility index (Phi) is 8.12. The van der Waals surface area contributed by atoms with Crippen LogP contribution in [0, 0.1) is 0 Å². The summed E-state index contributed by atoms with van der Waals surface area (Å²) in [7, 11) is 0. The molecule has 0 saturated heterocycles. The maximum Gasteiger partial charge on any atom is 0.267 e.